The molecule has 1 aliphatic rings. The lowest BCUT2D eigenvalue weighted by Gasteiger charge is -2.34. The number of aromatic nitrogens is 4. The van der Waals surface area contributed by atoms with Gasteiger partial charge in [0.1, 0.15) is 5.52 Å². The van der Waals surface area contributed by atoms with Crippen LogP contribution in [0.3, 0.4) is 0 Å². The highest BCUT2D eigenvalue weighted by Gasteiger charge is 2.21. The van der Waals surface area contributed by atoms with Gasteiger partial charge in [-0.1, -0.05) is 32.9 Å². The lowest BCUT2D eigenvalue weighted by atomic mass is 10.1. The largest absolute Gasteiger partial charge is 0.369 e. The minimum absolute atomic E-state index is 0.0169. The maximum atomic E-state index is 13.4. The highest BCUT2D eigenvalue weighted by molar-refractivity contribution is 5.74. The SMILES string of the molecule is CCCn1c(N(Cc2cccc(N3CCN(C)CC3)c2)CC(C)C)nc2cnn(C)c2c1=O. The van der Waals surface area contributed by atoms with E-state index >= 15 is 0 Å². The summed E-state index contributed by atoms with van der Waals surface area (Å²) in [6, 6.07) is 8.82. The van der Waals surface area contributed by atoms with Crippen LogP contribution in [0.15, 0.2) is 35.3 Å². The fourth-order valence-corrected chi connectivity index (χ4v) is 4.60. The molecule has 3 heterocycles. The summed E-state index contributed by atoms with van der Waals surface area (Å²) in [6.45, 7) is 12.9. The predicted octanol–water partition coefficient (Wildman–Crippen LogP) is 2.95. The van der Waals surface area contributed by atoms with Crippen molar-refractivity contribution in [3.05, 3.63) is 46.4 Å². The first-order chi connectivity index (χ1) is 15.9. The van der Waals surface area contributed by atoms with Gasteiger partial charge in [-0.3, -0.25) is 14.0 Å². The maximum Gasteiger partial charge on any atom is 0.281 e. The fourth-order valence-electron chi connectivity index (χ4n) is 4.60. The predicted molar refractivity (Wildman–Crippen MR) is 135 cm³/mol. The number of fused-ring (bicyclic) bond motifs is 1. The van der Waals surface area contributed by atoms with E-state index in [2.05, 4.69) is 71.9 Å². The summed E-state index contributed by atoms with van der Waals surface area (Å²) in [5, 5.41) is 4.29. The second-order valence-corrected chi connectivity index (χ2v) is 9.61. The average Bonchev–Trinajstić information content (AvgIpc) is 3.16. The summed E-state index contributed by atoms with van der Waals surface area (Å²) in [5.41, 5.74) is 3.71. The zero-order valence-electron chi connectivity index (χ0n) is 20.7. The third-order valence-electron chi connectivity index (χ3n) is 6.30. The Labute approximate surface area is 196 Å². The van der Waals surface area contributed by atoms with Crippen molar-refractivity contribution in [1.29, 1.82) is 0 Å². The number of hydrogen-bond donors (Lipinski definition) is 0. The van der Waals surface area contributed by atoms with Gasteiger partial charge < -0.3 is 14.7 Å². The molecule has 1 fully saturated rings. The van der Waals surface area contributed by atoms with Crippen LogP contribution in [-0.2, 0) is 20.1 Å². The molecule has 0 aliphatic carbocycles. The Morgan fingerprint density at radius 3 is 2.58 bits per heavy atom. The molecule has 0 atom stereocenters. The van der Waals surface area contributed by atoms with Gasteiger partial charge in [-0.05, 0) is 37.1 Å². The maximum absolute atomic E-state index is 13.4. The highest BCUT2D eigenvalue weighted by Crippen LogP contribution is 2.23. The molecule has 1 aromatic carbocycles. The zero-order chi connectivity index (χ0) is 23.5. The third kappa shape index (κ3) is 5.05. The number of hydrogen-bond acceptors (Lipinski definition) is 6. The molecule has 8 nitrogen and oxygen atoms in total. The second-order valence-electron chi connectivity index (χ2n) is 9.61. The molecule has 0 spiro atoms. The number of benzene rings is 1. The highest BCUT2D eigenvalue weighted by atomic mass is 16.1. The molecule has 0 amide bonds. The molecule has 0 saturated carbocycles. The van der Waals surface area contributed by atoms with Crippen molar-refractivity contribution in [2.45, 2.75) is 40.3 Å². The Balaban J connectivity index is 1.70. The van der Waals surface area contributed by atoms with Crippen LogP contribution in [0, 0.1) is 5.92 Å². The standard InChI is InChI=1S/C25H37N7O/c1-6-10-32-24(33)23-22(16-26-29(23)5)27-25(32)31(17-19(2)3)18-20-8-7-9-21(15-20)30-13-11-28(4)12-14-30/h7-9,15-16,19H,6,10-14,17-18H2,1-5H3. The van der Waals surface area contributed by atoms with Crippen molar-refractivity contribution in [1.82, 2.24) is 24.2 Å². The number of nitrogens with zero attached hydrogens (tertiary/aromatic N) is 7. The van der Waals surface area contributed by atoms with Crippen LogP contribution in [0.5, 0.6) is 0 Å². The molecular weight excluding hydrogens is 414 g/mol. The molecule has 33 heavy (non-hydrogen) atoms. The van der Waals surface area contributed by atoms with E-state index in [-0.39, 0.29) is 5.56 Å². The van der Waals surface area contributed by atoms with Crippen molar-refractivity contribution in [2.24, 2.45) is 13.0 Å². The van der Waals surface area contributed by atoms with E-state index in [1.54, 1.807) is 17.9 Å². The van der Waals surface area contributed by atoms with E-state index in [1.807, 2.05) is 4.57 Å². The lowest BCUT2D eigenvalue weighted by molar-refractivity contribution is 0.313. The molecule has 8 heteroatoms. The van der Waals surface area contributed by atoms with Crippen molar-refractivity contribution >= 4 is 22.7 Å². The summed E-state index contributed by atoms with van der Waals surface area (Å²) < 4.78 is 3.46. The van der Waals surface area contributed by atoms with Gasteiger partial charge in [-0.2, -0.15) is 5.10 Å². The summed E-state index contributed by atoms with van der Waals surface area (Å²) in [5.74, 6) is 1.17. The normalized spacial score (nSPS) is 15.0. The average molecular weight is 452 g/mol. The lowest BCUT2D eigenvalue weighted by Crippen LogP contribution is -2.44. The molecule has 0 unspecified atom stereocenters. The van der Waals surface area contributed by atoms with E-state index in [9.17, 15) is 4.79 Å². The van der Waals surface area contributed by atoms with Crippen LogP contribution in [0.1, 0.15) is 32.8 Å². The number of rotatable bonds is 8. The number of anilines is 2. The first-order valence-corrected chi connectivity index (χ1v) is 12.1. The van der Waals surface area contributed by atoms with Crippen LogP contribution in [0.4, 0.5) is 11.6 Å². The van der Waals surface area contributed by atoms with Gasteiger partial charge in [-0.15, -0.1) is 0 Å². The van der Waals surface area contributed by atoms with Gasteiger partial charge in [-0.25, -0.2) is 4.98 Å². The molecule has 0 bridgehead atoms. The number of aryl methyl sites for hydroxylation is 1. The molecule has 0 radical (unpaired) electrons. The van der Waals surface area contributed by atoms with E-state index < -0.39 is 0 Å². The van der Waals surface area contributed by atoms with Gasteiger partial charge in [0.15, 0.2) is 5.52 Å². The van der Waals surface area contributed by atoms with Gasteiger partial charge in [0, 0.05) is 58.5 Å². The Morgan fingerprint density at radius 1 is 1.12 bits per heavy atom. The molecular formula is C25H37N7O. The van der Waals surface area contributed by atoms with E-state index in [0.717, 1.165) is 45.1 Å². The van der Waals surface area contributed by atoms with Crippen LogP contribution in [0.25, 0.3) is 11.0 Å². The summed E-state index contributed by atoms with van der Waals surface area (Å²) >= 11 is 0. The molecule has 1 aliphatic heterocycles. The van der Waals surface area contributed by atoms with E-state index in [4.69, 9.17) is 4.98 Å². The third-order valence-corrected chi connectivity index (χ3v) is 6.30. The quantitative estimate of drug-likeness (QED) is 0.525. The van der Waals surface area contributed by atoms with Crippen LogP contribution in [0.2, 0.25) is 0 Å². The van der Waals surface area contributed by atoms with Gasteiger partial charge in [0.25, 0.3) is 5.56 Å². The van der Waals surface area contributed by atoms with Gasteiger partial charge >= 0.3 is 0 Å². The Morgan fingerprint density at radius 2 is 1.88 bits per heavy atom. The minimum atomic E-state index is -0.0169. The molecule has 0 N–H and O–H groups in total. The monoisotopic (exact) mass is 451 g/mol. The molecule has 4 rings (SSSR count). The van der Waals surface area contributed by atoms with Gasteiger partial charge in [0.05, 0.1) is 6.20 Å². The van der Waals surface area contributed by atoms with Crippen molar-refractivity contribution < 1.29 is 0 Å². The van der Waals surface area contributed by atoms with Crippen LogP contribution < -0.4 is 15.4 Å². The molecule has 3 aromatic rings. The van der Waals surface area contributed by atoms with E-state index in [1.165, 1.54) is 11.3 Å². The Bertz CT molecular complexity index is 1140. The summed E-state index contributed by atoms with van der Waals surface area (Å²) in [6.07, 6.45) is 2.56. The summed E-state index contributed by atoms with van der Waals surface area (Å²) in [4.78, 5) is 25.4. The topological polar surface area (TPSA) is 62.4 Å². The van der Waals surface area contributed by atoms with Crippen molar-refractivity contribution in [3.63, 3.8) is 0 Å². The summed E-state index contributed by atoms with van der Waals surface area (Å²) in [7, 11) is 3.98. The fraction of sp³-hybridized carbons (Fsp3) is 0.560. The van der Waals surface area contributed by atoms with Crippen LogP contribution >= 0.6 is 0 Å². The first kappa shape index (κ1) is 23.3. The van der Waals surface area contributed by atoms with Crippen molar-refractivity contribution in [2.75, 3.05) is 49.6 Å². The zero-order valence-corrected chi connectivity index (χ0v) is 20.7. The van der Waals surface area contributed by atoms with E-state index in [0.29, 0.717) is 30.0 Å². The molecule has 1 saturated heterocycles. The number of piperazine rings is 1. The Hall–Kier alpha value is -2.87. The van der Waals surface area contributed by atoms with Gasteiger partial charge in [0.2, 0.25) is 5.95 Å². The second kappa shape index (κ2) is 9.95. The Kier molecular flexibility index (Phi) is 7.02. The minimum Gasteiger partial charge on any atom is -0.369 e. The van der Waals surface area contributed by atoms with Crippen LogP contribution in [-0.4, -0.2) is 64.0 Å². The molecule has 2 aromatic heterocycles. The first-order valence-electron chi connectivity index (χ1n) is 12.1. The van der Waals surface area contributed by atoms with Crippen molar-refractivity contribution in [3.8, 4) is 0 Å². The number of likely N-dealkylation sites (N-methyl/N-ethyl adjacent to an activating group) is 1. The molecule has 178 valence electrons. The smallest absolute Gasteiger partial charge is 0.281 e.